The normalized spacial score (nSPS) is 12.3. The van der Waals surface area contributed by atoms with E-state index in [0.29, 0.717) is 23.5 Å². The van der Waals surface area contributed by atoms with Crippen molar-refractivity contribution in [3.05, 3.63) is 108 Å². The number of hydrogen-bond donors (Lipinski definition) is 1. The number of fused-ring (bicyclic) bond motifs is 2. The van der Waals surface area contributed by atoms with Crippen molar-refractivity contribution in [2.24, 2.45) is 0 Å². The summed E-state index contributed by atoms with van der Waals surface area (Å²) in [5.41, 5.74) is 1.32. The zero-order chi connectivity index (χ0) is 26.9. The Morgan fingerprint density at radius 2 is 1.47 bits per heavy atom. The Hall–Kier alpha value is -4.22. The van der Waals surface area contributed by atoms with Crippen LogP contribution in [-0.4, -0.2) is 26.9 Å². The minimum Gasteiger partial charge on any atom is -0.452 e. The maximum absolute atomic E-state index is 13.5. The number of para-hydroxylation sites is 2. The molecule has 7 nitrogen and oxygen atoms in total. The van der Waals surface area contributed by atoms with Crippen LogP contribution in [0.5, 0.6) is 0 Å². The number of esters is 1. The van der Waals surface area contributed by atoms with Gasteiger partial charge in [-0.2, -0.15) is 0 Å². The number of rotatable bonds is 6. The lowest BCUT2D eigenvalue weighted by atomic mass is 10.2. The molecule has 0 bridgehead atoms. The number of nitrogens with one attached hydrogen (secondary N) is 1. The van der Waals surface area contributed by atoms with Crippen LogP contribution in [0.15, 0.2) is 106 Å². The van der Waals surface area contributed by atoms with E-state index in [1.807, 2.05) is 36.4 Å². The number of carbonyl (C=O) groups excluding carboxylic acids is 2. The average molecular weight is 553 g/mol. The second kappa shape index (κ2) is 10.3. The van der Waals surface area contributed by atoms with E-state index in [-0.39, 0.29) is 11.3 Å². The molecule has 0 aliphatic carbocycles. The molecule has 0 aromatic heterocycles. The van der Waals surface area contributed by atoms with Crippen LogP contribution in [-0.2, 0) is 19.6 Å². The molecule has 0 spiro atoms. The monoisotopic (exact) mass is 552 g/mol. The fraction of sp³-hybridized carbons (Fsp3) is 0.0370. The van der Waals surface area contributed by atoms with Crippen molar-refractivity contribution in [2.75, 3.05) is 16.2 Å². The van der Waals surface area contributed by atoms with Gasteiger partial charge in [0, 0.05) is 15.5 Å². The lowest BCUT2D eigenvalue weighted by Gasteiger charge is -2.30. The zero-order valence-electron chi connectivity index (χ0n) is 19.4. The van der Waals surface area contributed by atoms with Crippen molar-refractivity contribution >= 4 is 50.7 Å². The molecule has 4 aromatic rings. The van der Waals surface area contributed by atoms with Gasteiger partial charge in [0.2, 0.25) is 0 Å². The van der Waals surface area contributed by atoms with Gasteiger partial charge in [0.05, 0.1) is 21.8 Å². The SMILES string of the molecule is O=C(OCC(=O)N1c2ccccc2Sc2ccccc21)c1cccc(NS(=O)(=O)c2ccc(F)c(F)c2)c1. The Morgan fingerprint density at radius 3 is 2.13 bits per heavy atom. The first-order chi connectivity index (χ1) is 18.2. The highest BCUT2D eigenvalue weighted by molar-refractivity contribution is 7.99. The van der Waals surface area contributed by atoms with Gasteiger partial charge in [-0.15, -0.1) is 0 Å². The zero-order valence-corrected chi connectivity index (χ0v) is 21.1. The number of nitrogens with zero attached hydrogens (tertiary/aromatic N) is 1. The van der Waals surface area contributed by atoms with Gasteiger partial charge >= 0.3 is 5.97 Å². The van der Waals surface area contributed by atoms with Crippen LogP contribution in [0.3, 0.4) is 0 Å². The maximum atomic E-state index is 13.5. The Balaban J connectivity index is 1.31. The molecule has 11 heteroatoms. The third-order valence-corrected chi connectivity index (χ3v) is 8.07. The number of amides is 1. The predicted octanol–water partition coefficient (Wildman–Crippen LogP) is 5.75. The number of carbonyl (C=O) groups is 2. The number of benzene rings is 4. The summed E-state index contributed by atoms with van der Waals surface area (Å²) in [6, 6.07) is 22.3. The first kappa shape index (κ1) is 25.4. The van der Waals surface area contributed by atoms with E-state index in [0.717, 1.165) is 15.9 Å². The molecule has 0 fully saturated rings. The largest absolute Gasteiger partial charge is 0.452 e. The van der Waals surface area contributed by atoms with E-state index >= 15 is 0 Å². The van der Waals surface area contributed by atoms with E-state index in [4.69, 9.17) is 4.74 Å². The molecule has 1 aliphatic rings. The molecule has 4 aromatic carbocycles. The molecule has 1 heterocycles. The fourth-order valence-corrected chi connectivity index (χ4v) is 5.94. The lowest BCUT2D eigenvalue weighted by Crippen LogP contribution is -2.32. The van der Waals surface area contributed by atoms with Gasteiger partial charge < -0.3 is 4.74 Å². The third-order valence-electron chi connectivity index (χ3n) is 5.56. The molecule has 38 heavy (non-hydrogen) atoms. The van der Waals surface area contributed by atoms with Crippen LogP contribution >= 0.6 is 11.8 Å². The summed E-state index contributed by atoms with van der Waals surface area (Å²) in [7, 11) is -4.26. The van der Waals surface area contributed by atoms with Crippen LogP contribution in [0.4, 0.5) is 25.8 Å². The molecule has 1 amide bonds. The highest BCUT2D eigenvalue weighted by Gasteiger charge is 2.28. The summed E-state index contributed by atoms with van der Waals surface area (Å²) in [5, 5.41) is 0. The van der Waals surface area contributed by atoms with Gasteiger partial charge in [0.15, 0.2) is 18.2 Å². The molecule has 0 radical (unpaired) electrons. The van der Waals surface area contributed by atoms with Crippen LogP contribution in [0.1, 0.15) is 10.4 Å². The molecule has 0 saturated carbocycles. The summed E-state index contributed by atoms with van der Waals surface area (Å²) in [6.07, 6.45) is 0. The van der Waals surface area contributed by atoms with Crippen molar-refractivity contribution in [1.82, 2.24) is 0 Å². The molecule has 0 unspecified atom stereocenters. The van der Waals surface area contributed by atoms with Gasteiger partial charge in [-0.25, -0.2) is 22.0 Å². The van der Waals surface area contributed by atoms with Crippen LogP contribution in [0, 0.1) is 11.6 Å². The topological polar surface area (TPSA) is 92.8 Å². The van der Waals surface area contributed by atoms with E-state index < -0.39 is 45.0 Å². The smallest absolute Gasteiger partial charge is 0.338 e. The molecule has 5 rings (SSSR count). The first-order valence-corrected chi connectivity index (χ1v) is 13.5. The first-order valence-electron chi connectivity index (χ1n) is 11.2. The van der Waals surface area contributed by atoms with Crippen molar-refractivity contribution in [3.8, 4) is 0 Å². The number of anilines is 3. The lowest BCUT2D eigenvalue weighted by molar-refractivity contribution is -0.121. The standard InChI is InChI=1S/C27H18F2N2O5S2/c28-20-13-12-19(15-21(20)29)38(34,35)30-18-7-5-6-17(14-18)27(33)36-16-26(32)31-22-8-1-3-10-24(22)37-25-11-4-2-9-23(25)31/h1-15,30H,16H2. The Morgan fingerprint density at radius 1 is 0.816 bits per heavy atom. The second-order valence-electron chi connectivity index (χ2n) is 8.11. The molecule has 0 saturated heterocycles. The van der Waals surface area contributed by atoms with Crippen LogP contribution in [0.2, 0.25) is 0 Å². The van der Waals surface area contributed by atoms with E-state index in [1.165, 1.54) is 40.9 Å². The van der Waals surface area contributed by atoms with Crippen molar-refractivity contribution in [1.29, 1.82) is 0 Å². The summed E-state index contributed by atoms with van der Waals surface area (Å²) < 4.78 is 59.3. The highest BCUT2D eigenvalue weighted by Crippen LogP contribution is 2.47. The van der Waals surface area contributed by atoms with Gasteiger partial charge in [-0.05, 0) is 60.7 Å². The average Bonchev–Trinajstić information content (AvgIpc) is 2.91. The molecular formula is C27H18F2N2O5S2. The van der Waals surface area contributed by atoms with Gasteiger partial charge in [0.1, 0.15) is 0 Å². The Bertz CT molecular complexity index is 1630. The van der Waals surface area contributed by atoms with Crippen molar-refractivity contribution in [2.45, 2.75) is 14.7 Å². The molecule has 192 valence electrons. The predicted molar refractivity (Wildman–Crippen MR) is 138 cm³/mol. The minimum atomic E-state index is -4.26. The number of hydrogen-bond acceptors (Lipinski definition) is 6. The van der Waals surface area contributed by atoms with Crippen LogP contribution < -0.4 is 9.62 Å². The molecule has 1 aliphatic heterocycles. The molecular weight excluding hydrogens is 534 g/mol. The van der Waals surface area contributed by atoms with Gasteiger partial charge in [0.25, 0.3) is 15.9 Å². The van der Waals surface area contributed by atoms with E-state index in [1.54, 1.807) is 12.1 Å². The van der Waals surface area contributed by atoms with E-state index in [2.05, 4.69) is 4.72 Å². The third kappa shape index (κ3) is 5.11. The van der Waals surface area contributed by atoms with E-state index in [9.17, 15) is 26.8 Å². The summed E-state index contributed by atoms with van der Waals surface area (Å²) in [4.78, 5) is 28.7. The van der Waals surface area contributed by atoms with Crippen molar-refractivity contribution < 1.29 is 31.5 Å². The Kier molecular flexibility index (Phi) is 6.87. The number of ether oxygens (including phenoxy) is 1. The Labute approximate surface area is 221 Å². The van der Waals surface area contributed by atoms with Gasteiger partial charge in [-0.1, -0.05) is 42.1 Å². The fourth-order valence-electron chi connectivity index (χ4n) is 3.82. The minimum absolute atomic E-state index is 0.00794. The summed E-state index contributed by atoms with van der Waals surface area (Å²) >= 11 is 1.53. The molecule has 0 atom stereocenters. The number of halogens is 2. The quantitative estimate of drug-likeness (QED) is 0.306. The highest BCUT2D eigenvalue weighted by atomic mass is 32.2. The van der Waals surface area contributed by atoms with Gasteiger partial charge in [-0.3, -0.25) is 14.4 Å². The second-order valence-corrected chi connectivity index (χ2v) is 10.9. The molecule has 1 N–H and O–H groups in total. The maximum Gasteiger partial charge on any atom is 0.338 e. The van der Waals surface area contributed by atoms with Crippen LogP contribution in [0.25, 0.3) is 0 Å². The summed E-state index contributed by atoms with van der Waals surface area (Å²) in [6.45, 7) is -0.559. The van der Waals surface area contributed by atoms with Crippen molar-refractivity contribution in [3.63, 3.8) is 0 Å². The number of sulfonamides is 1. The summed E-state index contributed by atoms with van der Waals surface area (Å²) in [5.74, 6) is -3.81.